The molecule has 17 heavy (non-hydrogen) atoms. The molecule has 104 valence electrons. The zero-order valence-corrected chi connectivity index (χ0v) is 7.89. The third-order valence-electron chi connectivity index (χ3n) is 1.51. The molecule has 0 atom stereocenters. The summed E-state index contributed by atoms with van der Waals surface area (Å²) in [6.45, 7) is 0. The molecule has 0 heterocycles. The lowest BCUT2D eigenvalue weighted by atomic mass is 10.1. The van der Waals surface area contributed by atoms with Crippen LogP contribution < -0.4 is 0 Å². The fraction of sp³-hybridized carbons (Fsp3) is 1.00. The Morgan fingerprint density at radius 3 is 1.00 bits per heavy atom. The zero-order valence-electron chi connectivity index (χ0n) is 7.07. The van der Waals surface area contributed by atoms with Crippen molar-refractivity contribution in [2.75, 3.05) is 0 Å². The molecule has 0 aromatic heterocycles. The van der Waals surface area contributed by atoms with Crippen LogP contribution in [0.25, 0.3) is 0 Å². The first kappa shape index (κ1) is 16.3. The second-order valence-electron chi connectivity index (χ2n) is 2.65. The maximum atomic E-state index is 12.5. The summed E-state index contributed by atoms with van der Waals surface area (Å²) in [6, 6.07) is 0. The fourth-order valence-corrected chi connectivity index (χ4v) is 1.26. The summed E-state index contributed by atoms with van der Waals surface area (Å²) in [5.74, 6) is 0. The molecule has 0 aliphatic carbocycles. The molecule has 0 aliphatic heterocycles. The highest BCUT2D eigenvalue weighted by molar-refractivity contribution is 7.87. The van der Waals surface area contributed by atoms with Crippen molar-refractivity contribution >= 4 is 10.1 Å². The van der Waals surface area contributed by atoms with Gasteiger partial charge in [0.05, 0.1) is 0 Å². The van der Waals surface area contributed by atoms with Gasteiger partial charge in [0.25, 0.3) is 0 Å². The van der Waals surface area contributed by atoms with Crippen LogP contribution in [0.4, 0.5) is 39.5 Å². The highest BCUT2D eigenvalue weighted by Crippen LogP contribution is 2.56. The van der Waals surface area contributed by atoms with Crippen molar-refractivity contribution < 1.29 is 52.5 Å². The topological polar surface area (TPSA) is 54.4 Å². The van der Waals surface area contributed by atoms with Crippen LogP contribution in [-0.4, -0.2) is 36.2 Å². The average Bonchev–Trinajstić information content (AvgIpc) is 1.95. The van der Waals surface area contributed by atoms with Crippen LogP contribution in [0, 0.1) is 0 Å². The van der Waals surface area contributed by atoms with Crippen molar-refractivity contribution in [1.29, 1.82) is 0 Å². The minimum Gasteiger partial charge on any atom is -0.281 e. The summed E-state index contributed by atoms with van der Waals surface area (Å²) < 4.78 is 134. The number of hydrogen-bond acceptors (Lipinski definition) is 2. The molecule has 3 nitrogen and oxygen atoms in total. The van der Waals surface area contributed by atoms with Gasteiger partial charge in [-0.15, -0.1) is 0 Å². The van der Waals surface area contributed by atoms with Gasteiger partial charge in [-0.2, -0.15) is 43.5 Å². The molecular formula is C4HF9O3S. The van der Waals surface area contributed by atoms with E-state index in [2.05, 4.69) is 0 Å². The molecule has 0 rings (SSSR count). The molecule has 0 saturated heterocycles. The monoisotopic (exact) mass is 300 g/mol. The molecule has 0 aromatic carbocycles. The standard InChI is InChI=1S/C4HF9O3S/c5-1(2(6,7)8,3(9,10)11)4(12,13)17(14,15)16/h(H,14,15,16). The first-order valence-electron chi connectivity index (χ1n) is 3.17. The van der Waals surface area contributed by atoms with E-state index in [-0.39, 0.29) is 0 Å². The minimum absolute atomic E-state index is 7.13. The van der Waals surface area contributed by atoms with Gasteiger partial charge >= 0.3 is 33.4 Å². The predicted octanol–water partition coefficient (Wildman–Crippen LogP) is 2.30. The molecule has 0 aromatic rings. The highest BCUT2D eigenvalue weighted by Gasteiger charge is 2.88. The molecule has 0 unspecified atom stereocenters. The first-order chi connectivity index (χ1) is 7.00. The van der Waals surface area contributed by atoms with Gasteiger partial charge in [-0.25, -0.2) is 4.39 Å². The maximum absolute atomic E-state index is 12.5. The van der Waals surface area contributed by atoms with E-state index in [4.69, 9.17) is 4.55 Å². The van der Waals surface area contributed by atoms with Crippen LogP contribution >= 0.6 is 0 Å². The summed E-state index contributed by atoms with van der Waals surface area (Å²) >= 11 is 0. The van der Waals surface area contributed by atoms with Gasteiger partial charge in [0, 0.05) is 0 Å². The van der Waals surface area contributed by atoms with Gasteiger partial charge in [-0.1, -0.05) is 0 Å². The lowest BCUT2D eigenvalue weighted by molar-refractivity contribution is -0.380. The summed E-state index contributed by atoms with van der Waals surface area (Å²) in [6.07, 6.45) is -14.6. The summed E-state index contributed by atoms with van der Waals surface area (Å²) in [4.78, 5) is 0. The normalized spacial score (nSPS) is 16.1. The van der Waals surface area contributed by atoms with Gasteiger partial charge < -0.3 is 0 Å². The summed E-state index contributed by atoms with van der Waals surface area (Å²) in [5, 5.41) is -7.13. The van der Waals surface area contributed by atoms with E-state index in [1.165, 1.54) is 0 Å². The molecule has 0 saturated carbocycles. The fourth-order valence-electron chi connectivity index (χ4n) is 0.668. The Morgan fingerprint density at radius 1 is 0.706 bits per heavy atom. The van der Waals surface area contributed by atoms with E-state index in [1.807, 2.05) is 0 Å². The minimum atomic E-state index is -7.42. The Hall–Kier alpha value is -0.720. The van der Waals surface area contributed by atoms with Gasteiger partial charge in [-0.05, 0) is 0 Å². The molecule has 1 N–H and O–H groups in total. The van der Waals surface area contributed by atoms with E-state index < -0.39 is 33.4 Å². The summed E-state index contributed by atoms with van der Waals surface area (Å²) in [7, 11) is -7.27. The van der Waals surface area contributed by atoms with Crippen LogP contribution in [0.5, 0.6) is 0 Å². The molecule has 0 bridgehead atoms. The number of halogens is 9. The number of rotatable bonds is 2. The second kappa shape index (κ2) is 3.63. The smallest absolute Gasteiger partial charge is 0.281 e. The van der Waals surface area contributed by atoms with Gasteiger partial charge in [-0.3, -0.25) is 4.55 Å². The third kappa shape index (κ3) is 2.17. The second-order valence-corrected chi connectivity index (χ2v) is 4.11. The number of alkyl halides is 9. The van der Waals surface area contributed by atoms with E-state index in [9.17, 15) is 47.9 Å². The molecule has 0 fully saturated rings. The van der Waals surface area contributed by atoms with Crippen molar-refractivity contribution in [3.8, 4) is 0 Å². The van der Waals surface area contributed by atoms with E-state index in [0.29, 0.717) is 0 Å². The Labute approximate surface area is 87.0 Å². The highest BCUT2D eigenvalue weighted by atomic mass is 32.2. The first-order valence-corrected chi connectivity index (χ1v) is 4.61. The Morgan fingerprint density at radius 2 is 0.941 bits per heavy atom. The van der Waals surface area contributed by atoms with Crippen molar-refractivity contribution in [3.05, 3.63) is 0 Å². The van der Waals surface area contributed by atoms with Crippen LogP contribution in [0.3, 0.4) is 0 Å². The van der Waals surface area contributed by atoms with Crippen molar-refractivity contribution in [2.24, 2.45) is 0 Å². The van der Waals surface area contributed by atoms with Gasteiger partial charge in [0.15, 0.2) is 0 Å². The zero-order chi connectivity index (χ0) is 14.5. The summed E-state index contributed by atoms with van der Waals surface area (Å²) in [5.41, 5.74) is -7.42. The lowest BCUT2D eigenvalue weighted by Gasteiger charge is -2.33. The van der Waals surface area contributed by atoms with E-state index in [0.717, 1.165) is 0 Å². The van der Waals surface area contributed by atoms with Crippen LogP contribution in [0.1, 0.15) is 0 Å². The largest absolute Gasteiger partial charge is 0.439 e. The van der Waals surface area contributed by atoms with Gasteiger partial charge in [0.2, 0.25) is 0 Å². The molecular weight excluding hydrogens is 299 g/mol. The Balaban J connectivity index is 6.23. The molecule has 0 aliphatic rings. The van der Waals surface area contributed by atoms with Crippen LogP contribution in [0.15, 0.2) is 0 Å². The van der Waals surface area contributed by atoms with E-state index >= 15 is 0 Å². The molecule has 0 amide bonds. The molecule has 13 heteroatoms. The third-order valence-corrected chi connectivity index (χ3v) is 2.44. The number of hydrogen-bond donors (Lipinski definition) is 1. The average molecular weight is 300 g/mol. The molecule has 0 radical (unpaired) electrons. The van der Waals surface area contributed by atoms with E-state index in [1.54, 1.807) is 0 Å². The van der Waals surface area contributed by atoms with Crippen molar-refractivity contribution in [1.82, 2.24) is 0 Å². The SMILES string of the molecule is O=S(=O)(O)C(F)(F)C(F)(C(F)(F)F)C(F)(F)F. The Kier molecular flexibility index (Phi) is 3.48. The lowest BCUT2D eigenvalue weighted by Crippen LogP contribution is -2.66. The maximum Gasteiger partial charge on any atom is 0.439 e. The van der Waals surface area contributed by atoms with Crippen LogP contribution in [0.2, 0.25) is 0 Å². The predicted molar refractivity (Wildman–Crippen MR) is 32.4 cm³/mol. The van der Waals surface area contributed by atoms with Crippen molar-refractivity contribution in [3.63, 3.8) is 0 Å². The quantitative estimate of drug-likeness (QED) is 0.629. The molecule has 0 spiro atoms. The Bertz CT molecular complexity index is 375. The van der Waals surface area contributed by atoms with Crippen molar-refractivity contribution in [2.45, 2.75) is 23.3 Å². The van der Waals surface area contributed by atoms with Crippen LogP contribution in [-0.2, 0) is 10.1 Å². The van der Waals surface area contributed by atoms with Gasteiger partial charge in [0.1, 0.15) is 0 Å².